The fraction of sp³-hybridized carbons (Fsp3) is 0.381. The van der Waals surface area contributed by atoms with Crippen molar-refractivity contribution in [3.05, 3.63) is 42.1 Å². The third kappa shape index (κ3) is 5.47. The summed E-state index contributed by atoms with van der Waals surface area (Å²) in [5.41, 5.74) is 1.54. The molecule has 1 fully saturated rings. The van der Waals surface area contributed by atoms with Crippen LogP contribution in [-0.4, -0.2) is 64.7 Å². The van der Waals surface area contributed by atoms with Crippen LogP contribution in [0.15, 0.2) is 36.5 Å². The molecular formula is C21H24F3N7O. The number of carbonyl (C=O) groups is 1. The van der Waals surface area contributed by atoms with Gasteiger partial charge >= 0.3 is 6.18 Å². The Kier molecular flexibility index (Phi) is 6.17. The minimum Gasteiger partial charge on any atom is -0.360 e. The lowest BCUT2D eigenvalue weighted by atomic mass is 10.0. The van der Waals surface area contributed by atoms with E-state index in [1.165, 1.54) is 0 Å². The van der Waals surface area contributed by atoms with Gasteiger partial charge in [-0.2, -0.15) is 23.1 Å². The van der Waals surface area contributed by atoms with Gasteiger partial charge < -0.3 is 25.8 Å². The second-order valence-corrected chi connectivity index (χ2v) is 7.86. The summed E-state index contributed by atoms with van der Waals surface area (Å²) in [7, 11) is 2.07. The highest BCUT2D eigenvalue weighted by Crippen LogP contribution is 2.25. The van der Waals surface area contributed by atoms with Crippen molar-refractivity contribution in [3.8, 4) is 0 Å². The number of hydrogen-bond donors (Lipinski definition) is 4. The van der Waals surface area contributed by atoms with Crippen molar-refractivity contribution >= 4 is 34.4 Å². The van der Waals surface area contributed by atoms with Crippen LogP contribution in [0.2, 0.25) is 0 Å². The highest BCUT2D eigenvalue weighted by Gasteiger charge is 2.27. The van der Waals surface area contributed by atoms with Crippen LogP contribution in [0.5, 0.6) is 0 Å². The predicted molar refractivity (Wildman–Crippen MR) is 116 cm³/mol. The molecule has 1 aliphatic rings. The maximum atomic E-state index is 12.6. The third-order valence-corrected chi connectivity index (χ3v) is 5.33. The Morgan fingerprint density at radius 3 is 2.56 bits per heavy atom. The van der Waals surface area contributed by atoms with E-state index in [2.05, 4.69) is 42.8 Å². The number of rotatable bonds is 6. The van der Waals surface area contributed by atoms with E-state index >= 15 is 0 Å². The highest BCUT2D eigenvalue weighted by atomic mass is 19.4. The van der Waals surface area contributed by atoms with Crippen molar-refractivity contribution in [1.29, 1.82) is 0 Å². The first-order valence-corrected chi connectivity index (χ1v) is 10.3. The van der Waals surface area contributed by atoms with E-state index in [4.69, 9.17) is 0 Å². The van der Waals surface area contributed by atoms with Crippen LogP contribution in [0.3, 0.4) is 0 Å². The molecule has 3 aromatic rings. The van der Waals surface area contributed by atoms with Crippen LogP contribution < -0.4 is 16.0 Å². The number of fused-ring (bicyclic) bond motifs is 1. The lowest BCUT2D eigenvalue weighted by Crippen LogP contribution is -2.43. The fourth-order valence-corrected chi connectivity index (χ4v) is 3.57. The molecular weight excluding hydrogens is 423 g/mol. The smallest absolute Gasteiger partial charge is 0.360 e. The maximum Gasteiger partial charge on any atom is 0.405 e. The maximum absolute atomic E-state index is 12.6. The van der Waals surface area contributed by atoms with Gasteiger partial charge in [0, 0.05) is 23.5 Å². The molecule has 1 saturated heterocycles. The average molecular weight is 447 g/mol. The summed E-state index contributed by atoms with van der Waals surface area (Å²) in [6, 6.07) is 8.55. The van der Waals surface area contributed by atoms with E-state index in [0.29, 0.717) is 22.3 Å². The number of halogens is 3. The van der Waals surface area contributed by atoms with Crippen molar-refractivity contribution in [2.45, 2.75) is 25.1 Å². The number of anilines is 3. The van der Waals surface area contributed by atoms with Crippen LogP contribution in [0.4, 0.5) is 30.6 Å². The standard InChI is InChI=1S/C21H24F3N7O/c1-31-10-7-15(8-11-31)27-19(32)13-2-4-14(5-3-13)28-20-29-17-16(6-9-25-17)18(30-20)26-12-21(22,23)24/h2-6,9,15H,7-8,10-12H2,1H3,(H,27,32)(H3,25,26,28,29,30). The van der Waals surface area contributed by atoms with Gasteiger partial charge in [0.15, 0.2) is 0 Å². The number of nitrogens with zero attached hydrogens (tertiary/aromatic N) is 3. The number of alkyl halides is 3. The van der Waals surface area contributed by atoms with Gasteiger partial charge in [0.2, 0.25) is 5.95 Å². The first-order valence-electron chi connectivity index (χ1n) is 10.3. The summed E-state index contributed by atoms with van der Waals surface area (Å²) in [4.78, 5) is 26.1. The molecule has 0 aliphatic carbocycles. The minimum atomic E-state index is -4.37. The number of carbonyl (C=O) groups excluding carboxylic acids is 1. The van der Waals surface area contributed by atoms with Crippen molar-refractivity contribution in [1.82, 2.24) is 25.2 Å². The summed E-state index contributed by atoms with van der Waals surface area (Å²) in [6.07, 6.45) is -0.943. The SMILES string of the molecule is CN1CCC(NC(=O)c2ccc(Nc3nc(NCC(F)(F)F)c4cc[nH]c4n3)cc2)CC1. The van der Waals surface area contributed by atoms with Crippen molar-refractivity contribution in [3.63, 3.8) is 0 Å². The zero-order valence-corrected chi connectivity index (χ0v) is 17.5. The van der Waals surface area contributed by atoms with Gasteiger partial charge in [-0.05, 0) is 63.3 Å². The Hall–Kier alpha value is -3.34. The highest BCUT2D eigenvalue weighted by molar-refractivity contribution is 5.95. The fourth-order valence-electron chi connectivity index (χ4n) is 3.57. The predicted octanol–water partition coefficient (Wildman–Crippen LogP) is 3.50. The molecule has 0 atom stereocenters. The van der Waals surface area contributed by atoms with Crippen LogP contribution in [0.25, 0.3) is 11.0 Å². The van der Waals surface area contributed by atoms with Gasteiger partial charge in [-0.1, -0.05) is 0 Å². The molecule has 0 radical (unpaired) electrons. The third-order valence-electron chi connectivity index (χ3n) is 5.33. The quantitative estimate of drug-likeness (QED) is 0.462. The van der Waals surface area contributed by atoms with Crippen LogP contribution >= 0.6 is 0 Å². The Balaban J connectivity index is 1.43. The Morgan fingerprint density at radius 2 is 1.88 bits per heavy atom. The zero-order chi connectivity index (χ0) is 22.7. The minimum absolute atomic E-state index is 0.0743. The van der Waals surface area contributed by atoms with E-state index < -0.39 is 12.7 Å². The molecule has 1 aromatic carbocycles. The Labute approximate surface area is 182 Å². The molecule has 4 rings (SSSR count). The first-order chi connectivity index (χ1) is 15.3. The summed E-state index contributed by atoms with van der Waals surface area (Å²) >= 11 is 0. The lowest BCUT2D eigenvalue weighted by molar-refractivity contribution is -0.115. The van der Waals surface area contributed by atoms with Gasteiger partial charge in [0.25, 0.3) is 5.91 Å². The number of aromatic nitrogens is 3. The normalized spacial score (nSPS) is 15.6. The van der Waals surface area contributed by atoms with Crippen molar-refractivity contribution < 1.29 is 18.0 Å². The molecule has 170 valence electrons. The van der Waals surface area contributed by atoms with E-state index in [1.54, 1.807) is 36.5 Å². The summed E-state index contributed by atoms with van der Waals surface area (Å²) in [6.45, 7) is 0.711. The monoisotopic (exact) mass is 447 g/mol. The topological polar surface area (TPSA) is 98.0 Å². The van der Waals surface area contributed by atoms with E-state index in [9.17, 15) is 18.0 Å². The molecule has 0 saturated carbocycles. The largest absolute Gasteiger partial charge is 0.405 e. The van der Waals surface area contributed by atoms with Crippen molar-refractivity contribution in [2.75, 3.05) is 37.3 Å². The molecule has 0 spiro atoms. The molecule has 1 aliphatic heterocycles. The van der Waals surface area contributed by atoms with Crippen LogP contribution in [0.1, 0.15) is 23.2 Å². The van der Waals surface area contributed by atoms with Crippen LogP contribution in [-0.2, 0) is 0 Å². The summed E-state index contributed by atoms with van der Waals surface area (Å²) in [5.74, 6) is 0.0761. The van der Waals surface area contributed by atoms with Gasteiger partial charge in [0.05, 0.1) is 5.39 Å². The number of amides is 1. The summed E-state index contributed by atoms with van der Waals surface area (Å²) < 4.78 is 37.9. The van der Waals surface area contributed by atoms with Gasteiger partial charge in [-0.15, -0.1) is 0 Å². The second kappa shape index (κ2) is 9.03. The molecule has 8 nitrogen and oxygen atoms in total. The molecule has 3 heterocycles. The number of H-pyrrole nitrogens is 1. The van der Waals surface area contributed by atoms with Crippen molar-refractivity contribution in [2.24, 2.45) is 0 Å². The van der Waals surface area contributed by atoms with Gasteiger partial charge in [-0.25, -0.2) is 0 Å². The number of benzene rings is 1. The van der Waals surface area contributed by atoms with E-state index in [-0.39, 0.29) is 23.7 Å². The van der Waals surface area contributed by atoms with E-state index in [0.717, 1.165) is 25.9 Å². The lowest BCUT2D eigenvalue weighted by Gasteiger charge is -2.29. The number of hydrogen-bond acceptors (Lipinski definition) is 6. The van der Waals surface area contributed by atoms with Gasteiger partial charge in [-0.3, -0.25) is 4.79 Å². The Morgan fingerprint density at radius 1 is 1.16 bits per heavy atom. The average Bonchev–Trinajstić information content (AvgIpc) is 3.22. The second-order valence-electron chi connectivity index (χ2n) is 7.86. The van der Waals surface area contributed by atoms with E-state index in [1.807, 2.05) is 0 Å². The Bertz CT molecular complexity index is 1070. The molecule has 32 heavy (non-hydrogen) atoms. The molecule has 4 N–H and O–H groups in total. The summed E-state index contributed by atoms with van der Waals surface area (Å²) in [5, 5.41) is 8.81. The number of nitrogens with one attached hydrogen (secondary N) is 4. The molecule has 11 heteroatoms. The zero-order valence-electron chi connectivity index (χ0n) is 17.5. The first kappa shape index (κ1) is 21.9. The van der Waals surface area contributed by atoms with Gasteiger partial charge in [0.1, 0.15) is 18.0 Å². The van der Waals surface area contributed by atoms with Crippen LogP contribution in [0, 0.1) is 0 Å². The molecule has 0 unspecified atom stereocenters. The molecule has 1 amide bonds. The molecule has 2 aromatic heterocycles. The number of likely N-dealkylation sites (tertiary alicyclic amines) is 1. The number of aromatic amines is 1. The number of piperidine rings is 1. The molecule has 0 bridgehead atoms.